The summed E-state index contributed by atoms with van der Waals surface area (Å²) in [4.78, 5) is 17.2. The second kappa shape index (κ2) is 10.4. The van der Waals surface area contributed by atoms with E-state index in [1.165, 1.54) is 30.2 Å². The predicted octanol–water partition coefficient (Wildman–Crippen LogP) is 6.98. The number of pyridine rings is 1. The zero-order valence-electron chi connectivity index (χ0n) is 17.9. The van der Waals surface area contributed by atoms with Crippen LogP contribution in [0.1, 0.15) is 85.9 Å². The van der Waals surface area contributed by atoms with Crippen LogP contribution in [0.15, 0.2) is 30.3 Å². The van der Waals surface area contributed by atoms with E-state index in [2.05, 4.69) is 12.1 Å². The molecule has 31 heavy (non-hydrogen) atoms. The highest BCUT2D eigenvalue weighted by molar-refractivity contribution is 5.79. The van der Waals surface area contributed by atoms with E-state index in [0.29, 0.717) is 18.4 Å². The predicted molar refractivity (Wildman–Crippen MR) is 112 cm³/mol. The number of nitrogens with zero attached hydrogens (tertiary/aromatic N) is 1. The minimum absolute atomic E-state index is 0.0307. The van der Waals surface area contributed by atoms with Crippen LogP contribution >= 0.6 is 0 Å². The van der Waals surface area contributed by atoms with Crippen molar-refractivity contribution in [1.82, 2.24) is 4.98 Å². The zero-order chi connectivity index (χ0) is 22.4. The van der Waals surface area contributed by atoms with Crippen LogP contribution in [-0.4, -0.2) is 10.8 Å². The van der Waals surface area contributed by atoms with Crippen LogP contribution < -0.4 is 0 Å². The van der Waals surface area contributed by atoms with Gasteiger partial charge in [0.05, 0.1) is 5.56 Å². The van der Waals surface area contributed by atoms with Crippen molar-refractivity contribution < 1.29 is 22.4 Å². The van der Waals surface area contributed by atoms with Gasteiger partial charge in [-0.25, -0.2) is 4.39 Å². The van der Waals surface area contributed by atoms with E-state index < -0.39 is 17.6 Å². The lowest BCUT2D eigenvalue weighted by Crippen LogP contribution is -2.12. The standard InChI is InChI=1S/C25H29F4NO/c1-2-17(19-12-14-23(26)22(16-19)25(27,28)29)15-21(31)9-5-4-8-20-13-11-18-7-3-6-10-24(18)30-20/h11-14,16-17H,2-10,15H2,1H3/t17-/m1/s1. The number of alkyl halides is 3. The Morgan fingerprint density at radius 3 is 2.61 bits per heavy atom. The van der Waals surface area contributed by atoms with Gasteiger partial charge in [-0.1, -0.05) is 19.1 Å². The molecule has 1 aromatic carbocycles. The minimum atomic E-state index is -4.74. The fraction of sp³-hybridized carbons (Fsp3) is 0.520. The Balaban J connectivity index is 1.49. The van der Waals surface area contributed by atoms with Crippen molar-refractivity contribution in [2.75, 3.05) is 0 Å². The number of hydrogen-bond donors (Lipinski definition) is 0. The third-order valence-electron chi connectivity index (χ3n) is 6.11. The van der Waals surface area contributed by atoms with Crippen LogP contribution in [0.5, 0.6) is 0 Å². The molecule has 1 heterocycles. The number of rotatable bonds is 9. The van der Waals surface area contributed by atoms with Gasteiger partial charge in [0.1, 0.15) is 11.6 Å². The maximum atomic E-state index is 13.5. The van der Waals surface area contributed by atoms with Crippen molar-refractivity contribution in [2.45, 2.75) is 83.2 Å². The van der Waals surface area contributed by atoms with Gasteiger partial charge in [-0.3, -0.25) is 9.78 Å². The molecule has 3 rings (SSSR count). The maximum absolute atomic E-state index is 13.5. The molecule has 0 unspecified atom stereocenters. The number of halogens is 4. The number of aromatic nitrogens is 1. The van der Waals surface area contributed by atoms with E-state index >= 15 is 0 Å². The second-order valence-corrected chi connectivity index (χ2v) is 8.41. The van der Waals surface area contributed by atoms with Crippen LogP contribution in [-0.2, 0) is 30.2 Å². The van der Waals surface area contributed by atoms with Crippen molar-refractivity contribution in [1.29, 1.82) is 0 Å². The SMILES string of the molecule is CC[C@H](CC(=O)CCCCc1ccc2c(n1)CCCC2)c1ccc(F)c(C(F)(F)F)c1. The van der Waals surface area contributed by atoms with E-state index in [-0.39, 0.29) is 18.1 Å². The first-order chi connectivity index (χ1) is 14.8. The third kappa shape index (κ3) is 6.37. The molecule has 2 aromatic rings. The largest absolute Gasteiger partial charge is 0.419 e. The third-order valence-corrected chi connectivity index (χ3v) is 6.11. The van der Waals surface area contributed by atoms with Gasteiger partial charge in [0.15, 0.2) is 0 Å². The normalized spacial score (nSPS) is 14.9. The van der Waals surface area contributed by atoms with Gasteiger partial charge in [-0.2, -0.15) is 13.2 Å². The fourth-order valence-corrected chi connectivity index (χ4v) is 4.28. The smallest absolute Gasteiger partial charge is 0.300 e. The van der Waals surface area contributed by atoms with E-state index in [9.17, 15) is 22.4 Å². The molecule has 0 N–H and O–H groups in total. The first kappa shape index (κ1) is 23.4. The Labute approximate surface area is 181 Å². The van der Waals surface area contributed by atoms with Crippen LogP contribution in [0.25, 0.3) is 0 Å². The quantitative estimate of drug-likeness (QED) is 0.314. The molecule has 0 fully saturated rings. The van der Waals surface area contributed by atoms with Gasteiger partial charge in [-0.15, -0.1) is 0 Å². The van der Waals surface area contributed by atoms with Crippen molar-refractivity contribution in [3.63, 3.8) is 0 Å². The molecule has 6 heteroatoms. The summed E-state index contributed by atoms with van der Waals surface area (Å²) in [5.74, 6) is -1.59. The minimum Gasteiger partial charge on any atom is -0.300 e. The van der Waals surface area contributed by atoms with Gasteiger partial charge < -0.3 is 0 Å². The van der Waals surface area contributed by atoms with Gasteiger partial charge in [0.2, 0.25) is 0 Å². The first-order valence-corrected chi connectivity index (χ1v) is 11.1. The number of hydrogen-bond acceptors (Lipinski definition) is 2. The summed E-state index contributed by atoms with van der Waals surface area (Å²) in [6, 6.07) is 7.29. The first-order valence-electron chi connectivity index (χ1n) is 11.1. The molecule has 2 nitrogen and oxygen atoms in total. The van der Waals surface area contributed by atoms with E-state index in [4.69, 9.17) is 4.98 Å². The van der Waals surface area contributed by atoms with Gasteiger partial charge in [-0.05, 0) is 86.6 Å². The van der Waals surface area contributed by atoms with Gasteiger partial charge >= 0.3 is 6.18 Å². The summed E-state index contributed by atoms with van der Waals surface area (Å²) in [6.45, 7) is 1.83. The summed E-state index contributed by atoms with van der Waals surface area (Å²) < 4.78 is 52.5. The number of Topliss-reactive ketones (excluding diaryl/α,β-unsaturated/α-hetero) is 1. The van der Waals surface area contributed by atoms with Crippen LogP contribution in [0.2, 0.25) is 0 Å². The molecule has 0 saturated carbocycles. The molecular formula is C25H29F4NO. The fourth-order valence-electron chi connectivity index (χ4n) is 4.28. The molecule has 0 radical (unpaired) electrons. The van der Waals surface area contributed by atoms with Crippen molar-refractivity contribution in [2.24, 2.45) is 0 Å². The molecule has 1 atom stereocenters. The molecule has 168 valence electrons. The molecule has 1 aromatic heterocycles. The van der Waals surface area contributed by atoms with Crippen molar-refractivity contribution in [3.8, 4) is 0 Å². The average Bonchev–Trinajstić information content (AvgIpc) is 2.74. The maximum Gasteiger partial charge on any atom is 0.419 e. The van der Waals surface area contributed by atoms with Gasteiger partial charge in [0.25, 0.3) is 0 Å². The average molecular weight is 436 g/mol. The number of ketones is 1. The van der Waals surface area contributed by atoms with Crippen LogP contribution in [0.4, 0.5) is 17.6 Å². The molecule has 1 aliphatic rings. The molecule has 0 saturated heterocycles. The molecular weight excluding hydrogens is 406 g/mol. The number of unbranched alkanes of at least 4 members (excludes halogenated alkanes) is 1. The highest BCUT2D eigenvalue weighted by Gasteiger charge is 2.34. The molecule has 0 bridgehead atoms. The molecule has 1 aliphatic carbocycles. The number of benzene rings is 1. The number of carbonyl (C=O) groups excluding carboxylic acids is 1. The van der Waals surface area contributed by atoms with Crippen LogP contribution in [0.3, 0.4) is 0 Å². The summed E-state index contributed by atoms with van der Waals surface area (Å²) in [7, 11) is 0. The lowest BCUT2D eigenvalue weighted by Gasteiger charge is -2.17. The zero-order valence-corrected chi connectivity index (χ0v) is 17.9. The Kier molecular flexibility index (Phi) is 7.84. The van der Waals surface area contributed by atoms with Crippen molar-refractivity contribution in [3.05, 3.63) is 64.2 Å². The Morgan fingerprint density at radius 1 is 1.10 bits per heavy atom. The summed E-state index contributed by atoms with van der Waals surface area (Å²) in [6.07, 6.45) is 3.32. The Bertz CT molecular complexity index is 907. The Hall–Kier alpha value is -2.24. The van der Waals surface area contributed by atoms with Crippen molar-refractivity contribution >= 4 is 5.78 Å². The lowest BCUT2D eigenvalue weighted by atomic mass is 9.89. The Morgan fingerprint density at radius 2 is 1.87 bits per heavy atom. The molecule has 0 aliphatic heterocycles. The number of carbonyl (C=O) groups is 1. The lowest BCUT2D eigenvalue weighted by molar-refractivity contribution is -0.140. The second-order valence-electron chi connectivity index (χ2n) is 8.41. The highest BCUT2D eigenvalue weighted by Crippen LogP contribution is 2.35. The topological polar surface area (TPSA) is 30.0 Å². The summed E-state index contributed by atoms with van der Waals surface area (Å²) in [5, 5.41) is 0. The summed E-state index contributed by atoms with van der Waals surface area (Å²) in [5.41, 5.74) is 2.72. The monoisotopic (exact) mass is 435 g/mol. The molecule has 0 amide bonds. The van der Waals surface area contributed by atoms with Crippen LogP contribution in [0, 0.1) is 5.82 Å². The van der Waals surface area contributed by atoms with E-state index in [1.807, 2.05) is 6.92 Å². The highest BCUT2D eigenvalue weighted by atomic mass is 19.4. The molecule has 0 spiro atoms. The summed E-state index contributed by atoms with van der Waals surface area (Å²) >= 11 is 0. The number of fused-ring (bicyclic) bond motifs is 1. The van der Waals surface area contributed by atoms with Gasteiger partial charge in [0, 0.05) is 24.2 Å². The number of aryl methyl sites for hydroxylation is 3. The van der Waals surface area contributed by atoms with E-state index in [1.54, 1.807) is 0 Å². The van der Waals surface area contributed by atoms with E-state index in [0.717, 1.165) is 49.9 Å².